The monoisotopic (exact) mass is 389 g/mol. The number of hydrogen-bond acceptors (Lipinski definition) is 5. The molecule has 1 aromatic carbocycles. The van der Waals surface area contributed by atoms with E-state index < -0.39 is 23.8 Å². The fraction of sp³-hybridized carbons (Fsp3) is 0.381. The fourth-order valence-electron chi connectivity index (χ4n) is 2.92. The van der Waals surface area contributed by atoms with E-state index in [4.69, 9.17) is 9.47 Å². The standard InChI is InChI=1S/C21H24FNO5/c1-5-27-21(26)18-12(2)19(23-13(18)3)20(25)14(4)28-17(24)11-8-15-6-9-16(22)10-7-15/h6-7,9-10,14,23H,5,8,11H2,1-4H3/t14-/m0/s1. The Balaban J connectivity index is 2.00. The summed E-state index contributed by atoms with van der Waals surface area (Å²) in [5, 5.41) is 0. The minimum Gasteiger partial charge on any atom is -0.462 e. The molecule has 1 aromatic heterocycles. The van der Waals surface area contributed by atoms with E-state index >= 15 is 0 Å². The number of esters is 2. The lowest BCUT2D eigenvalue weighted by molar-refractivity contribution is -0.146. The van der Waals surface area contributed by atoms with Crippen LogP contribution in [0.15, 0.2) is 24.3 Å². The van der Waals surface area contributed by atoms with Crippen molar-refractivity contribution < 1.29 is 28.2 Å². The quantitative estimate of drug-likeness (QED) is 0.550. The van der Waals surface area contributed by atoms with Gasteiger partial charge in [0.2, 0.25) is 5.78 Å². The molecule has 0 radical (unpaired) electrons. The van der Waals surface area contributed by atoms with Crippen molar-refractivity contribution in [3.05, 3.63) is 58.2 Å². The number of ether oxygens (including phenoxy) is 2. The molecule has 0 saturated carbocycles. The summed E-state index contributed by atoms with van der Waals surface area (Å²) >= 11 is 0. The van der Waals surface area contributed by atoms with Crippen LogP contribution in [0.25, 0.3) is 0 Å². The Morgan fingerprint density at radius 2 is 1.79 bits per heavy atom. The highest BCUT2D eigenvalue weighted by atomic mass is 19.1. The molecule has 1 atom stereocenters. The van der Waals surface area contributed by atoms with Crippen molar-refractivity contribution in [1.82, 2.24) is 4.98 Å². The van der Waals surface area contributed by atoms with Gasteiger partial charge < -0.3 is 14.5 Å². The largest absolute Gasteiger partial charge is 0.462 e. The Bertz CT molecular complexity index is 870. The van der Waals surface area contributed by atoms with Gasteiger partial charge in [-0.1, -0.05) is 12.1 Å². The topological polar surface area (TPSA) is 85.5 Å². The number of carbonyl (C=O) groups excluding carboxylic acids is 3. The van der Waals surface area contributed by atoms with Gasteiger partial charge in [-0.15, -0.1) is 0 Å². The van der Waals surface area contributed by atoms with Crippen molar-refractivity contribution in [3.63, 3.8) is 0 Å². The van der Waals surface area contributed by atoms with Crippen LogP contribution in [0.5, 0.6) is 0 Å². The first-order chi connectivity index (χ1) is 13.2. The summed E-state index contributed by atoms with van der Waals surface area (Å²) in [5.74, 6) is -1.80. The maximum absolute atomic E-state index is 12.9. The highest BCUT2D eigenvalue weighted by Crippen LogP contribution is 2.21. The van der Waals surface area contributed by atoms with Crippen molar-refractivity contribution >= 4 is 17.7 Å². The highest BCUT2D eigenvalue weighted by Gasteiger charge is 2.27. The molecule has 150 valence electrons. The number of nitrogens with one attached hydrogen (secondary N) is 1. The van der Waals surface area contributed by atoms with Crippen LogP contribution in [-0.2, 0) is 20.7 Å². The minimum absolute atomic E-state index is 0.0695. The Hall–Kier alpha value is -2.96. The van der Waals surface area contributed by atoms with Crippen LogP contribution in [0.2, 0.25) is 0 Å². The van der Waals surface area contributed by atoms with Crippen LogP contribution < -0.4 is 0 Å². The number of Topliss-reactive ketones (excluding diaryl/α,β-unsaturated/α-hetero) is 1. The van der Waals surface area contributed by atoms with Gasteiger partial charge in [0.25, 0.3) is 0 Å². The maximum atomic E-state index is 12.9. The summed E-state index contributed by atoms with van der Waals surface area (Å²) in [6.45, 7) is 6.74. The van der Waals surface area contributed by atoms with E-state index in [1.807, 2.05) is 0 Å². The van der Waals surface area contributed by atoms with Crippen LogP contribution in [0.4, 0.5) is 4.39 Å². The first-order valence-corrected chi connectivity index (χ1v) is 9.09. The molecule has 2 rings (SSSR count). The number of aromatic amines is 1. The fourth-order valence-corrected chi connectivity index (χ4v) is 2.92. The Morgan fingerprint density at radius 3 is 2.39 bits per heavy atom. The van der Waals surface area contributed by atoms with E-state index in [0.29, 0.717) is 23.2 Å². The van der Waals surface area contributed by atoms with Crippen LogP contribution in [0, 0.1) is 19.7 Å². The number of ketones is 1. The highest BCUT2D eigenvalue weighted by molar-refractivity contribution is 6.03. The molecule has 7 heteroatoms. The van der Waals surface area contributed by atoms with Gasteiger partial charge in [-0.3, -0.25) is 9.59 Å². The van der Waals surface area contributed by atoms with Crippen LogP contribution >= 0.6 is 0 Å². The van der Waals surface area contributed by atoms with E-state index in [2.05, 4.69) is 4.98 Å². The molecule has 28 heavy (non-hydrogen) atoms. The molecule has 0 aliphatic rings. The molecule has 0 spiro atoms. The molecular weight excluding hydrogens is 365 g/mol. The number of rotatable bonds is 8. The molecule has 0 bridgehead atoms. The van der Waals surface area contributed by atoms with E-state index in [0.717, 1.165) is 5.56 Å². The number of benzene rings is 1. The first kappa shape index (κ1) is 21.3. The minimum atomic E-state index is -1.01. The van der Waals surface area contributed by atoms with Gasteiger partial charge in [0.1, 0.15) is 5.82 Å². The lowest BCUT2D eigenvalue weighted by atomic mass is 10.1. The van der Waals surface area contributed by atoms with Gasteiger partial charge in [-0.05, 0) is 57.4 Å². The van der Waals surface area contributed by atoms with E-state index in [1.165, 1.54) is 19.1 Å². The maximum Gasteiger partial charge on any atom is 0.340 e. The summed E-state index contributed by atoms with van der Waals surface area (Å²) in [4.78, 5) is 39.6. The van der Waals surface area contributed by atoms with Crippen molar-refractivity contribution in [2.24, 2.45) is 0 Å². The van der Waals surface area contributed by atoms with Gasteiger partial charge in [0, 0.05) is 12.1 Å². The van der Waals surface area contributed by atoms with Crippen LogP contribution in [-0.4, -0.2) is 35.4 Å². The summed E-state index contributed by atoms with van der Waals surface area (Å²) in [6, 6.07) is 5.84. The molecule has 0 aliphatic carbocycles. The van der Waals surface area contributed by atoms with Gasteiger partial charge in [-0.25, -0.2) is 9.18 Å². The zero-order valence-electron chi connectivity index (χ0n) is 16.4. The molecule has 0 unspecified atom stereocenters. The lowest BCUT2D eigenvalue weighted by Crippen LogP contribution is -2.25. The zero-order valence-corrected chi connectivity index (χ0v) is 16.4. The summed E-state index contributed by atoms with van der Waals surface area (Å²) < 4.78 is 23.1. The SMILES string of the molecule is CCOC(=O)c1c(C)[nH]c(C(=O)[C@H](C)OC(=O)CCc2ccc(F)cc2)c1C. The molecule has 2 aromatic rings. The number of carbonyl (C=O) groups is 3. The first-order valence-electron chi connectivity index (χ1n) is 9.09. The predicted octanol–water partition coefficient (Wildman–Crippen LogP) is 3.69. The van der Waals surface area contributed by atoms with Crippen LogP contribution in [0.3, 0.4) is 0 Å². The summed E-state index contributed by atoms with van der Waals surface area (Å²) in [5.41, 5.74) is 2.33. The van der Waals surface area contributed by atoms with Crippen molar-refractivity contribution in [1.29, 1.82) is 0 Å². The average Bonchev–Trinajstić information content (AvgIpc) is 2.95. The average molecular weight is 389 g/mol. The number of aryl methyl sites for hydroxylation is 2. The van der Waals surface area contributed by atoms with Gasteiger partial charge in [0.15, 0.2) is 6.10 Å². The van der Waals surface area contributed by atoms with Crippen molar-refractivity contribution in [2.45, 2.75) is 46.6 Å². The Labute approximate surface area is 163 Å². The number of hydrogen-bond donors (Lipinski definition) is 1. The molecule has 0 aliphatic heterocycles. The van der Waals surface area contributed by atoms with E-state index in [1.54, 1.807) is 32.9 Å². The second-order valence-corrected chi connectivity index (χ2v) is 6.47. The molecular formula is C21H24FNO5. The Kier molecular flexibility index (Phi) is 7.09. The van der Waals surface area contributed by atoms with E-state index in [-0.39, 0.29) is 24.5 Å². The van der Waals surface area contributed by atoms with Gasteiger partial charge >= 0.3 is 11.9 Å². The number of H-pyrrole nitrogens is 1. The number of aromatic nitrogens is 1. The lowest BCUT2D eigenvalue weighted by Gasteiger charge is -2.12. The molecule has 6 nitrogen and oxygen atoms in total. The van der Waals surface area contributed by atoms with Crippen molar-refractivity contribution in [2.75, 3.05) is 6.61 Å². The molecule has 1 heterocycles. The predicted molar refractivity (Wildman–Crippen MR) is 101 cm³/mol. The molecule has 0 saturated heterocycles. The smallest absolute Gasteiger partial charge is 0.340 e. The molecule has 0 amide bonds. The normalized spacial score (nSPS) is 11.8. The third kappa shape index (κ3) is 5.06. The molecule has 0 fully saturated rings. The second-order valence-electron chi connectivity index (χ2n) is 6.47. The third-order valence-corrected chi connectivity index (χ3v) is 4.37. The summed E-state index contributed by atoms with van der Waals surface area (Å²) in [7, 11) is 0. The molecule has 1 N–H and O–H groups in total. The van der Waals surface area contributed by atoms with Gasteiger partial charge in [-0.2, -0.15) is 0 Å². The van der Waals surface area contributed by atoms with Gasteiger partial charge in [0.05, 0.1) is 17.9 Å². The zero-order chi connectivity index (χ0) is 20.8. The van der Waals surface area contributed by atoms with E-state index in [9.17, 15) is 18.8 Å². The second kappa shape index (κ2) is 9.30. The third-order valence-electron chi connectivity index (χ3n) is 4.37. The van der Waals surface area contributed by atoms with Crippen molar-refractivity contribution in [3.8, 4) is 0 Å². The van der Waals surface area contributed by atoms with Crippen LogP contribution in [0.1, 0.15) is 57.9 Å². The Morgan fingerprint density at radius 1 is 1.14 bits per heavy atom. The number of halogens is 1. The summed E-state index contributed by atoms with van der Waals surface area (Å²) in [6.07, 6.45) is -0.555.